The molecule has 2 aromatic rings. The number of hydrogen-bond acceptors (Lipinski definition) is 3. The van der Waals surface area contributed by atoms with Gasteiger partial charge in [0.2, 0.25) is 0 Å². The SMILES string of the molecule is OC(Cc1cccnc1)c1ncccc1F. The molecule has 2 aromatic heterocycles. The maximum atomic E-state index is 13.3. The van der Waals surface area contributed by atoms with Crippen LogP contribution in [0.15, 0.2) is 42.9 Å². The van der Waals surface area contributed by atoms with Gasteiger partial charge in [0.1, 0.15) is 17.6 Å². The third kappa shape index (κ3) is 2.41. The van der Waals surface area contributed by atoms with Crippen LogP contribution in [0.1, 0.15) is 17.4 Å². The molecule has 0 saturated heterocycles. The lowest BCUT2D eigenvalue weighted by Gasteiger charge is -2.10. The fourth-order valence-corrected chi connectivity index (χ4v) is 1.48. The number of nitrogens with zero attached hydrogens (tertiary/aromatic N) is 2. The first-order valence-electron chi connectivity index (χ1n) is 4.95. The van der Waals surface area contributed by atoms with Crippen LogP contribution in [0.4, 0.5) is 4.39 Å². The normalized spacial score (nSPS) is 12.4. The van der Waals surface area contributed by atoms with Crippen LogP contribution in [-0.2, 0) is 6.42 Å². The fourth-order valence-electron chi connectivity index (χ4n) is 1.48. The standard InChI is InChI=1S/C12H11FN2O/c13-10-4-2-6-15-12(10)11(16)7-9-3-1-5-14-8-9/h1-6,8,11,16H,7H2. The molecule has 4 heteroatoms. The number of hydrogen-bond donors (Lipinski definition) is 1. The molecule has 0 radical (unpaired) electrons. The van der Waals surface area contributed by atoms with Gasteiger partial charge in [-0.05, 0) is 23.8 Å². The minimum Gasteiger partial charge on any atom is -0.386 e. The Morgan fingerprint density at radius 1 is 1.25 bits per heavy atom. The first-order chi connectivity index (χ1) is 7.77. The van der Waals surface area contributed by atoms with Crippen LogP contribution in [0.25, 0.3) is 0 Å². The Morgan fingerprint density at radius 3 is 2.75 bits per heavy atom. The maximum Gasteiger partial charge on any atom is 0.147 e. The highest BCUT2D eigenvalue weighted by atomic mass is 19.1. The van der Waals surface area contributed by atoms with Gasteiger partial charge in [-0.2, -0.15) is 0 Å². The highest BCUT2D eigenvalue weighted by molar-refractivity contribution is 5.15. The van der Waals surface area contributed by atoms with E-state index in [2.05, 4.69) is 9.97 Å². The topological polar surface area (TPSA) is 46.0 Å². The summed E-state index contributed by atoms with van der Waals surface area (Å²) >= 11 is 0. The molecule has 1 atom stereocenters. The first-order valence-corrected chi connectivity index (χ1v) is 4.95. The van der Waals surface area contributed by atoms with Crippen molar-refractivity contribution in [1.82, 2.24) is 9.97 Å². The zero-order chi connectivity index (χ0) is 11.4. The Labute approximate surface area is 92.6 Å². The molecule has 2 rings (SSSR count). The minimum atomic E-state index is -0.939. The lowest BCUT2D eigenvalue weighted by Crippen LogP contribution is -2.06. The second kappa shape index (κ2) is 4.81. The van der Waals surface area contributed by atoms with Crippen LogP contribution in [0.2, 0.25) is 0 Å². The molecular formula is C12H11FN2O. The average molecular weight is 218 g/mol. The summed E-state index contributed by atoms with van der Waals surface area (Å²) in [6, 6.07) is 6.39. The Hall–Kier alpha value is -1.81. The summed E-state index contributed by atoms with van der Waals surface area (Å²) in [5.74, 6) is -0.487. The van der Waals surface area contributed by atoms with E-state index in [1.165, 1.54) is 18.3 Å². The molecule has 0 spiro atoms. The van der Waals surface area contributed by atoms with Gasteiger partial charge in [0, 0.05) is 25.0 Å². The van der Waals surface area contributed by atoms with Gasteiger partial charge in [-0.15, -0.1) is 0 Å². The predicted octanol–water partition coefficient (Wildman–Crippen LogP) is 1.89. The molecule has 1 unspecified atom stereocenters. The molecule has 82 valence electrons. The third-order valence-electron chi connectivity index (χ3n) is 2.25. The summed E-state index contributed by atoms with van der Waals surface area (Å²) in [4.78, 5) is 7.76. The Kier molecular flexibility index (Phi) is 3.22. The average Bonchev–Trinajstić information content (AvgIpc) is 2.31. The number of aromatic nitrogens is 2. The largest absolute Gasteiger partial charge is 0.386 e. The number of halogens is 1. The molecule has 0 amide bonds. The molecule has 3 nitrogen and oxygen atoms in total. The zero-order valence-corrected chi connectivity index (χ0v) is 8.55. The van der Waals surface area contributed by atoms with E-state index in [1.807, 2.05) is 6.07 Å². The summed E-state index contributed by atoms with van der Waals surface area (Å²) in [6.45, 7) is 0. The molecule has 1 N–H and O–H groups in total. The number of rotatable bonds is 3. The van der Waals surface area contributed by atoms with Crippen molar-refractivity contribution in [3.8, 4) is 0 Å². The Morgan fingerprint density at radius 2 is 2.06 bits per heavy atom. The molecular weight excluding hydrogens is 207 g/mol. The molecule has 0 bridgehead atoms. The smallest absolute Gasteiger partial charge is 0.147 e. The maximum absolute atomic E-state index is 13.3. The van der Waals surface area contributed by atoms with E-state index in [-0.39, 0.29) is 5.69 Å². The van der Waals surface area contributed by atoms with E-state index in [0.717, 1.165) is 5.56 Å². The van der Waals surface area contributed by atoms with E-state index >= 15 is 0 Å². The van der Waals surface area contributed by atoms with E-state index < -0.39 is 11.9 Å². The summed E-state index contributed by atoms with van der Waals surface area (Å²) in [7, 11) is 0. The molecule has 0 fully saturated rings. The van der Waals surface area contributed by atoms with Crippen LogP contribution >= 0.6 is 0 Å². The summed E-state index contributed by atoms with van der Waals surface area (Å²) in [5.41, 5.74) is 0.923. The van der Waals surface area contributed by atoms with Crippen LogP contribution in [0, 0.1) is 5.82 Å². The second-order valence-electron chi connectivity index (χ2n) is 3.45. The van der Waals surface area contributed by atoms with Crippen molar-refractivity contribution in [3.05, 3.63) is 59.9 Å². The summed E-state index contributed by atoms with van der Waals surface area (Å²) < 4.78 is 13.3. The van der Waals surface area contributed by atoms with Crippen molar-refractivity contribution in [1.29, 1.82) is 0 Å². The molecule has 0 aliphatic heterocycles. The third-order valence-corrected chi connectivity index (χ3v) is 2.25. The van der Waals surface area contributed by atoms with Gasteiger partial charge in [0.15, 0.2) is 0 Å². The minimum absolute atomic E-state index is 0.0753. The molecule has 16 heavy (non-hydrogen) atoms. The number of aliphatic hydroxyl groups excluding tert-OH is 1. The summed E-state index contributed by atoms with van der Waals surface area (Å²) in [6.07, 6.45) is 4.12. The van der Waals surface area contributed by atoms with Crippen molar-refractivity contribution in [3.63, 3.8) is 0 Å². The van der Waals surface area contributed by atoms with Gasteiger partial charge in [-0.25, -0.2) is 4.39 Å². The van der Waals surface area contributed by atoms with Crippen molar-refractivity contribution in [2.24, 2.45) is 0 Å². The van der Waals surface area contributed by atoms with Crippen molar-refractivity contribution in [2.75, 3.05) is 0 Å². The second-order valence-corrected chi connectivity index (χ2v) is 3.45. The Bertz CT molecular complexity index is 462. The van der Waals surface area contributed by atoms with Crippen molar-refractivity contribution in [2.45, 2.75) is 12.5 Å². The summed E-state index contributed by atoms with van der Waals surface area (Å²) in [5, 5.41) is 9.82. The fraction of sp³-hybridized carbons (Fsp3) is 0.167. The van der Waals surface area contributed by atoms with Gasteiger partial charge in [-0.3, -0.25) is 9.97 Å². The van der Waals surface area contributed by atoms with E-state index in [0.29, 0.717) is 6.42 Å². The van der Waals surface area contributed by atoms with Crippen LogP contribution in [0.3, 0.4) is 0 Å². The van der Waals surface area contributed by atoms with Gasteiger partial charge in [-0.1, -0.05) is 6.07 Å². The monoisotopic (exact) mass is 218 g/mol. The lowest BCUT2D eigenvalue weighted by atomic mass is 10.1. The highest BCUT2D eigenvalue weighted by Crippen LogP contribution is 2.17. The first kappa shape index (κ1) is 10.7. The Balaban J connectivity index is 2.15. The zero-order valence-electron chi connectivity index (χ0n) is 8.55. The van der Waals surface area contributed by atoms with E-state index in [4.69, 9.17) is 0 Å². The van der Waals surface area contributed by atoms with Crippen LogP contribution < -0.4 is 0 Å². The highest BCUT2D eigenvalue weighted by Gasteiger charge is 2.14. The number of pyridine rings is 2. The quantitative estimate of drug-likeness (QED) is 0.855. The van der Waals surface area contributed by atoms with Gasteiger partial charge < -0.3 is 5.11 Å². The van der Waals surface area contributed by atoms with Crippen LogP contribution in [-0.4, -0.2) is 15.1 Å². The van der Waals surface area contributed by atoms with E-state index in [9.17, 15) is 9.50 Å². The molecule has 0 aromatic carbocycles. The molecule has 0 aliphatic rings. The van der Waals surface area contributed by atoms with Crippen LogP contribution in [0.5, 0.6) is 0 Å². The van der Waals surface area contributed by atoms with Gasteiger partial charge in [0.25, 0.3) is 0 Å². The number of aliphatic hydroxyl groups is 1. The van der Waals surface area contributed by atoms with Gasteiger partial charge >= 0.3 is 0 Å². The van der Waals surface area contributed by atoms with Gasteiger partial charge in [0.05, 0.1) is 0 Å². The van der Waals surface area contributed by atoms with Crippen molar-refractivity contribution < 1.29 is 9.50 Å². The predicted molar refractivity (Wildman–Crippen MR) is 57.1 cm³/mol. The lowest BCUT2D eigenvalue weighted by molar-refractivity contribution is 0.168. The molecule has 0 saturated carbocycles. The molecule has 0 aliphatic carbocycles. The van der Waals surface area contributed by atoms with Crippen molar-refractivity contribution >= 4 is 0 Å². The van der Waals surface area contributed by atoms with E-state index in [1.54, 1.807) is 18.5 Å². The molecule has 2 heterocycles.